The van der Waals surface area contributed by atoms with Gasteiger partial charge in [-0.1, -0.05) is 0 Å². The molecule has 0 radical (unpaired) electrons. The molecule has 17 heavy (non-hydrogen) atoms. The number of aromatic nitrogens is 1. The first-order chi connectivity index (χ1) is 7.60. The zero-order chi connectivity index (χ0) is 13.3. The summed E-state index contributed by atoms with van der Waals surface area (Å²) in [7, 11) is 0. The van der Waals surface area contributed by atoms with Crippen LogP contribution in [-0.2, 0) is 6.18 Å². The van der Waals surface area contributed by atoms with E-state index in [-0.39, 0.29) is 6.04 Å². The summed E-state index contributed by atoms with van der Waals surface area (Å²) in [4.78, 5) is 3.32. The Bertz CT molecular complexity index is 368. The number of alkyl halides is 3. The van der Waals surface area contributed by atoms with E-state index in [1.807, 2.05) is 0 Å². The fourth-order valence-corrected chi connectivity index (χ4v) is 1.07. The average molecular weight is 248 g/mol. The van der Waals surface area contributed by atoms with Gasteiger partial charge in [0.05, 0.1) is 23.5 Å². The summed E-state index contributed by atoms with van der Waals surface area (Å²) in [6.07, 6.45) is -3.33. The fraction of sp³-hybridized carbons (Fsp3) is 0.545. The molecule has 6 heteroatoms. The van der Waals surface area contributed by atoms with E-state index in [1.165, 1.54) is 6.07 Å². The van der Waals surface area contributed by atoms with Crippen molar-refractivity contribution >= 4 is 5.69 Å². The standard InChI is InChI=1S/C11H15F3N2O/c1-7(10(2,3)17)16-8-4-5-9(15-6-8)11(12,13)14/h4-7,16-17H,1-3H3. The van der Waals surface area contributed by atoms with Crippen LogP contribution in [0.1, 0.15) is 26.5 Å². The molecule has 0 aromatic carbocycles. The van der Waals surface area contributed by atoms with Crippen LogP contribution in [0.2, 0.25) is 0 Å². The first kappa shape index (κ1) is 13.8. The van der Waals surface area contributed by atoms with Crippen LogP contribution in [0.5, 0.6) is 0 Å². The van der Waals surface area contributed by atoms with Gasteiger partial charge in [-0.15, -0.1) is 0 Å². The molecule has 2 N–H and O–H groups in total. The van der Waals surface area contributed by atoms with E-state index in [4.69, 9.17) is 0 Å². The highest BCUT2D eigenvalue weighted by atomic mass is 19.4. The molecule has 0 saturated heterocycles. The Morgan fingerprint density at radius 3 is 2.24 bits per heavy atom. The number of anilines is 1. The zero-order valence-electron chi connectivity index (χ0n) is 9.84. The minimum absolute atomic E-state index is 0.305. The molecule has 0 aliphatic carbocycles. The van der Waals surface area contributed by atoms with Crippen molar-refractivity contribution in [3.63, 3.8) is 0 Å². The normalized spacial score (nSPS) is 14.5. The van der Waals surface area contributed by atoms with Crippen LogP contribution >= 0.6 is 0 Å². The van der Waals surface area contributed by atoms with Crippen LogP contribution < -0.4 is 5.32 Å². The van der Waals surface area contributed by atoms with Gasteiger partial charge in [-0.05, 0) is 32.9 Å². The summed E-state index contributed by atoms with van der Waals surface area (Å²) in [6, 6.07) is 1.89. The van der Waals surface area contributed by atoms with Crippen molar-refractivity contribution in [1.82, 2.24) is 4.98 Å². The van der Waals surface area contributed by atoms with Gasteiger partial charge in [0.1, 0.15) is 5.69 Å². The third-order valence-corrected chi connectivity index (χ3v) is 2.50. The number of halogens is 3. The molecule has 1 aromatic rings. The Kier molecular flexibility index (Phi) is 3.66. The number of hydrogen-bond donors (Lipinski definition) is 2. The van der Waals surface area contributed by atoms with Crippen molar-refractivity contribution in [3.05, 3.63) is 24.0 Å². The molecule has 1 unspecified atom stereocenters. The van der Waals surface area contributed by atoms with Gasteiger partial charge in [-0.25, -0.2) is 4.98 Å². The van der Waals surface area contributed by atoms with Crippen molar-refractivity contribution in [1.29, 1.82) is 0 Å². The lowest BCUT2D eigenvalue weighted by Gasteiger charge is -2.27. The predicted octanol–water partition coefficient (Wildman–Crippen LogP) is 2.67. The molecule has 0 saturated carbocycles. The van der Waals surface area contributed by atoms with E-state index in [2.05, 4.69) is 10.3 Å². The van der Waals surface area contributed by atoms with Gasteiger partial charge in [0.25, 0.3) is 0 Å². The van der Waals surface area contributed by atoms with Crippen LogP contribution in [0.15, 0.2) is 18.3 Å². The fourth-order valence-electron chi connectivity index (χ4n) is 1.07. The van der Waals surface area contributed by atoms with E-state index in [0.29, 0.717) is 5.69 Å². The highest BCUT2D eigenvalue weighted by molar-refractivity contribution is 5.42. The Morgan fingerprint density at radius 1 is 1.29 bits per heavy atom. The molecule has 0 bridgehead atoms. The highest BCUT2D eigenvalue weighted by Crippen LogP contribution is 2.28. The third kappa shape index (κ3) is 3.89. The second-order valence-electron chi connectivity index (χ2n) is 4.45. The molecule has 0 fully saturated rings. The topological polar surface area (TPSA) is 45.2 Å². The van der Waals surface area contributed by atoms with Crippen molar-refractivity contribution in [3.8, 4) is 0 Å². The van der Waals surface area contributed by atoms with E-state index < -0.39 is 17.5 Å². The monoisotopic (exact) mass is 248 g/mol. The molecule has 0 spiro atoms. The summed E-state index contributed by atoms with van der Waals surface area (Å²) >= 11 is 0. The van der Waals surface area contributed by atoms with Gasteiger partial charge < -0.3 is 10.4 Å². The summed E-state index contributed by atoms with van der Waals surface area (Å²) in [5.74, 6) is 0. The second-order valence-corrected chi connectivity index (χ2v) is 4.45. The Labute approximate surface area is 97.7 Å². The van der Waals surface area contributed by atoms with Crippen molar-refractivity contribution in [2.45, 2.75) is 38.6 Å². The minimum Gasteiger partial charge on any atom is -0.388 e. The van der Waals surface area contributed by atoms with Crippen molar-refractivity contribution < 1.29 is 18.3 Å². The van der Waals surface area contributed by atoms with Crippen molar-refractivity contribution in [2.24, 2.45) is 0 Å². The van der Waals surface area contributed by atoms with Crippen LogP contribution in [0.4, 0.5) is 18.9 Å². The first-order valence-corrected chi connectivity index (χ1v) is 5.13. The molecular formula is C11H15F3N2O. The van der Waals surface area contributed by atoms with Gasteiger partial charge in [-0.2, -0.15) is 13.2 Å². The number of aliphatic hydroxyl groups is 1. The molecule has 1 rings (SSSR count). The van der Waals surface area contributed by atoms with Crippen LogP contribution in [0.3, 0.4) is 0 Å². The largest absolute Gasteiger partial charge is 0.433 e. The maximum Gasteiger partial charge on any atom is 0.433 e. The summed E-state index contributed by atoms with van der Waals surface area (Å²) in [6.45, 7) is 4.96. The SMILES string of the molecule is CC(Nc1ccc(C(F)(F)F)nc1)C(C)(C)O. The van der Waals surface area contributed by atoms with Crippen LogP contribution in [0.25, 0.3) is 0 Å². The molecule has 0 aliphatic rings. The molecule has 3 nitrogen and oxygen atoms in total. The lowest BCUT2D eigenvalue weighted by Crippen LogP contribution is -2.39. The van der Waals surface area contributed by atoms with Crippen LogP contribution in [0, 0.1) is 0 Å². The molecule has 1 heterocycles. The van der Waals surface area contributed by atoms with E-state index in [9.17, 15) is 18.3 Å². The number of hydrogen-bond acceptors (Lipinski definition) is 3. The Hall–Kier alpha value is -1.30. The first-order valence-electron chi connectivity index (χ1n) is 5.13. The number of nitrogens with one attached hydrogen (secondary N) is 1. The molecule has 96 valence electrons. The Balaban J connectivity index is 2.76. The molecule has 1 aromatic heterocycles. The number of pyridine rings is 1. The summed E-state index contributed by atoms with van der Waals surface area (Å²) < 4.78 is 36.7. The zero-order valence-corrected chi connectivity index (χ0v) is 9.84. The van der Waals surface area contributed by atoms with Gasteiger partial charge in [-0.3, -0.25) is 0 Å². The quantitative estimate of drug-likeness (QED) is 0.864. The average Bonchev–Trinajstić information content (AvgIpc) is 2.15. The lowest BCUT2D eigenvalue weighted by molar-refractivity contribution is -0.141. The highest BCUT2D eigenvalue weighted by Gasteiger charge is 2.32. The van der Waals surface area contributed by atoms with E-state index in [1.54, 1.807) is 20.8 Å². The molecule has 0 aliphatic heterocycles. The maximum absolute atomic E-state index is 12.2. The maximum atomic E-state index is 12.2. The van der Waals surface area contributed by atoms with Gasteiger partial charge in [0.15, 0.2) is 0 Å². The third-order valence-electron chi connectivity index (χ3n) is 2.50. The lowest BCUT2D eigenvalue weighted by atomic mass is 10.0. The van der Waals surface area contributed by atoms with Gasteiger partial charge in [0, 0.05) is 0 Å². The van der Waals surface area contributed by atoms with E-state index in [0.717, 1.165) is 12.3 Å². The molecule has 0 amide bonds. The molecule has 1 atom stereocenters. The molecular weight excluding hydrogens is 233 g/mol. The number of rotatable bonds is 3. The number of nitrogens with zero attached hydrogens (tertiary/aromatic N) is 1. The van der Waals surface area contributed by atoms with E-state index >= 15 is 0 Å². The van der Waals surface area contributed by atoms with Crippen molar-refractivity contribution in [2.75, 3.05) is 5.32 Å². The minimum atomic E-state index is -4.43. The summed E-state index contributed by atoms with van der Waals surface area (Å²) in [5.41, 5.74) is -1.46. The van der Waals surface area contributed by atoms with Gasteiger partial charge in [0.2, 0.25) is 0 Å². The Morgan fingerprint density at radius 2 is 1.88 bits per heavy atom. The summed E-state index contributed by atoms with van der Waals surface area (Å²) in [5, 5.41) is 12.5. The second kappa shape index (κ2) is 4.52. The van der Waals surface area contributed by atoms with Gasteiger partial charge >= 0.3 is 6.18 Å². The predicted molar refractivity (Wildman–Crippen MR) is 58.6 cm³/mol. The van der Waals surface area contributed by atoms with Crippen LogP contribution in [-0.4, -0.2) is 21.7 Å². The smallest absolute Gasteiger partial charge is 0.388 e.